The van der Waals surface area contributed by atoms with Crippen molar-refractivity contribution in [3.63, 3.8) is 0 Å². The minimum absolute atomic E-state index is 0.105. The van der Waals surface area contributed by atoms with Crippen LogP contribution in [0.4, 0.5) is 15.3 Å². The van der Waals surface area contributed by atoms with E-state index in [1.807, 2.05) is 49.4 Å². The van der Waals surface area contributed by atoms with Gasteiger partial charge in [0.25, 0.3) is 0 Å². The minimum atomic E-state index is -4.24. The maximum atomic E-state index is 14.0. The van der Waals surface area contributed by atoms with Gasteiger partial charge in [-0.25, -0.2) is 18.0 Å². The van der Waals surface area contributed by atoms with Crippen LogP contribution in [0.2, 0.25) is 5.02 Å². The summed E-state index contributed by atoms with van der Waals surface area (Å²) in [6.45, 7) is 2.18. The molecular weight excluding hydrogens is 654 g/mol. The van der Waals surface area contributed by atoms with Crippen LogP contribution in [-0.4, -0.2) is 55.5 Å². The summed E-state index contributed by atoms with van der Waals surface area (Å²) in [7, 11) is -4.24. The van der Waals surface area contributed by atoms with Crippen LogP contribution in [0.3, 0.4) is 0 Å². The molecular formula is C36H36ClN3O7S. The van der Waals surface area contributed by atoms with E-state index in [1.54, 1.807) is 0 Å². The molecule has 1 saturated heterocycles. The van der Waals surface area contributed by atoms with Gasteiger partial charge in [0.1, 0.15) is 23.0 Å². The smallest absolute Gasteiger partial charge is 0.409 e. The third kappa shape index (κ3) is 5.90. The number of hydrogen-bond acceptors (Lipinski definition) is 7. The van der Waals surface area contributed by atoms with Crippen molar-refractivity contribution >= 4 is 39.2 Å². The molecule has 48 heavy (non-hydrogen) atoms. The summed E-state index contributed by atoms with van der Waals surface area (Å²) in [5, 5.41) is 15.4. The molecule has 1 aromatic heterocycles. The summed E-state index contributed by atoms with van der Waals surface area (Å²) in [4.78, 5) is 27.2. The number of piperidine rings is 1. The standard InChI is InChI=1S/C36H36ClN3O7S/c1-21-18-22-8-6-14-31(33(22)47-21)39-35(42)38-30-16-15-29(37)34(32(30)41)48(44,45)23-9-7-17-40(19-23)36(43)46-20-28-26-12-4-2-10-24(26)25-11-3-5-13-27(25)28/h2-5,10-13,15-16,18,23,28,31,41H,6-9,14,17,19-20H2,1H3,(H2,38,39,42)/t23-,31?/m0/s1. The Labute approximate surface area is 284 Å². The van der Waals surface area contributed by atoms with Gasteiger partial charge in [-0.15, -0.1) is 0 Å². The molecule has 12 heteroatoms. The maximum Gasteiger partial charge on any atom is 0.409 e. The van der Waals surface area contributed by atoms with E-state index in [0.717, 1.165) is 46.4 Å². The number of halogens is 1. The number of aromatic hydroxyl groups is 1. The number of carbonyl (C=O) groups excluding carboxylic acids is 2. The van der Waals surface area contributed by atoms with Crippen molar-refractivity contribution < 1.29 is 32.3 Å². The van der Waals surface area contributed by atoms with E-state index in [-0.39, 0.29) is 42.2 Å². The summed E-state index contributed by atoms with van der Waals surface area (Å²) in [5.41, 5.74) is 5.33. The van der Waals surface area contributed by atoms with E-state index in [1.165, 1.54) is 17.0 Å². The zero-order chi connectivity index (χ0) is 33.6. The number of ether oxygens (including phenoxy) is 1. The fourth-order valence-electron chi connectivity index (χ4n) is 7.28. The number of phenolic OH excluding ortho intramolecular Hbond substituents is 1. The highest BCUT2D eigenvalue weighted by Gasteiger charge is 2.39. The van der Waals surface area contributed by atoms with Crippen LogP contribution in [0.5, 0.6) is 5.75 Å². The van der Waals surface area contributed by atoms with Crippen LogP contribution < -0.4 is 10.6 Å². The fraction of sp³-hybridized carbons (Fsp3) is 0.333. The molecule has 2 atom stereocenters. The van der Waals surface area contributed by atoms with Gasteiger partial charge in [-0.2, -0.15) is 0 Å². The second-order valence-corrected chi connectivity index (χ2v) is 15.2. The van der Waals surface area contributed by atoms with Crippen LogP contribution in [0.15, 0.2) is 76.0 Å². The number of rotatable bonds is 6. The molecule has 1 fully saturated rings. The Bertz CT molecular complexity index is 1960. The summed E-state index contributed by atoms with van der Waals surface area (Å²) >= 11 is 6.37. The van der Waals surface area contributed by atoms with Gasteiger partial charge in [-0.1, -0.05) is 60.1 Å². The molecule has 0 spiro atoms. The topological polar surface area (TPSA) is 138 Å². The van der Waals surface area contributed by atoms with E-state index in [0.29, 0.717) is 25.1 Å². The van der Waals surface area contributed by atoms with Crippen LogP contribution in [0.25, 0.3) is 11.1 Å². The molecule has 1 aliphatic heterocycles. The summed E-state index contributed by atoms with van der Waals surface area (Å²) < 4.78 is 39.5. The monoisotopic (exact) mass is 689 g/mol. The number of nitrogens with one attached hydrogen (secondary N) is 2. The largest absolute Gasteiger partial charge is 0.504 e. The lowest BCUT2D eigenvalue weighted by molar-refractivity contribution is 0.0934. The lowest BCUT2D eigenvalue weighted by atomic mass is 9.94. The minimum Gasteiger partial charge on any atom is -0.504 e. The first kappa shape index (κ1) is 32.1. The maximum absolute atomic E-state index is 14.0. The molecule has 250 valence electrons. The van der Waals surface area contributed by atoms with Gasteiger partial charge in [-0.05, 0) is 85.0 Å². The third-order valence-corrected chi connectivity index (χ3v) is 12.2. The zero-order valence-electron chi connectivity index (χ0n) is 26.4. The van der Waals surface area contributed by atoms with E-state index in [4.69, 9.17) is 20.8 Å². The number of nitrogens with zero attached hydrogens (tertiary/aromatic N) is 1. The van der Waals surface area contributed by atoms with Gasteiger partial charge in [0.2, 0.25) is 0 Å². The number of benzene rings is 3. The molecule has 3 aromatic carbocycles. The molecule has 1 unspecified atom stereocenters. The van der Waals surface area contributed by atoms with Gasteiger partial charge >= 0.3 is 12.1 Å². The molecule has 0 bridgehead atoms. The normalized spacial score (nSPS) is 18.8. The molecule has 4 aromatic rings. The second-order valence-electron chi connectivity index (χ2n) is 12.6. The Hall–Kier alpha value is -4.48. The molecule has 10 nitrogen and oxygen atoms in total. The van der Waals surface area contributed by atoms with Crippen molar-refractivity contribution in [2.24, 2.45) is 0 Å². The molecule has 7 rings (SSSR count). The Balaban J connectivity index is 1.03. The quantitative estimate of drug-likeness (QED) is 0.180. The van der Waals surface area contributed by atoms with E-state index < -0.39 is 37.9 Å². The molecule has 3 amide bonds. The Morgan fingerprint density at radius 1 is 1.02 bits per heavy atom. The van der Waals surface area contributed by atoms with E-state index in [9.17, 15) is 23.1 Å². The third-order valence-electron chi connectivity index (χ3n) is 9.55. The SMILES string of the molecule is Cc1cc2c(o1)C(NC(=O)Nc1ccc(Cl)c(S(=O)(=O)[C@H]3CCCN(C(=O)OCC4c5ccccc5-c5ccccc54)C3)c1O)CCC2. The number of urea groups is 1. The Kier molecular flexibility index (Phi) is 8.59. The number of fused-ring (bicyclic) bond motifs is 4. The fourth-order valence-corrected chi connectivity index (χ4v) is 9.67. The predicted molar refractivity (Wildman–Crippen MR) is 181 cm³/mol. The number of anilines is 1. The molecule has 2 aliphatic carbocycles. The number of furan rings is 1. The highest BCUT2D eigenvalue weighted by Crippen LogP contribution is 2.45. The zero-order valence-corrected chi connectivity index (χ0v) is 27.9. The van der Waals surface area contributed by atoms with Crippen LogP contribution in [0, 0.1) is 6.92 Å². The number of amides is 3. The van der Waals surface area contributed by atoms with Crippen LogP contribution >= 0.6 is 11.6 Å². The average Bonchev–Trinajstić information content (AvgIpc) is 3.62. The van der Waals surface area contributed by atoms with Gasteiger partial charge in [0.05, 0.1) is 22.0 Å². The van der Waals surface area contributed by atoms with Crippen molar-refractivity contribution in [3.05, 3.63) is 100.0 Å². The highest BCUT2D eigenvalue weighted by molar-refractivity contribution is 7.92. The summed E-state index contributed by atoms with van der Waals surface area (Å²) in [6, 6.07) is 19.7. The predicted octanol–water partition coefficient (Wildman–Crippen LogP) is 7.33. The highest BCUT2D eigenvalue weighted by atomic mass is 35.5. The summed E-state index contributed by atoms with van der Waals surface area (Å²) in [6.07, 6.45) is 2.50. The number of sulfone groups is 1. The molecule has 3 N–H and O–H groups in total. The van der Waals surface area contributed by atoms with E-state index in [2.05, 4.69) is 22.8 Å². The molecule has 2 heterocycles. The number of likely N-dealkylation sites (tertiary alicyclic amines) is 1. The molecule has 3 aliphatic rings. The van der Waals surface area contributed by atoms with E-state index >= 15 is 0 Å². The summed E-state index contributed by atoms with van der Waals surface area (Å²) in [5.74, 6) is 0.682. The molecule has 0 saturated carbocycles. The van der Waals surface area contributed by atoms with Crippen molar-refractivity contribution in [2.45, 2.75) is 61.1 Å². The second kappa shape index (κ2) is 12.9. The number of phenols is 1. The first-order valence-corrected chi connectivity index (χ1v) is 18.1. The van der Waals surface area contributed by atoms with Crippen molar-refractivity contribution in [1.29, 1.82) is 0 Å². The average molecular weight is 690 g/mol. The first-order chi connectivity index (χ1) is 23.1. The lowest BCUT2D eigenvalue weighted by Gasteiger charge is -2.32. The number of carbonyl (C=O) groups is 2. The first-order valence-electron chi connectivity index (χ1n) is 16.1. The Morgan fingerprint density at radius 2 is 1.73 bits per heavy atom. The molecule has 0 radical (unpaired) electrons. The van der Waals surface area contributed by atoms with Crippen molar-refractivity contribution in [1.82, 2.24) is 10.2 Å². The van der Waals surface area contributed by atoms with Crippen molar-refractivity contribution in [2.75, 3.05) is 25.0 Å². The van der Waals surface area contributed by atoms with Crippen LogP contribution in [0.1, 0.15) is 65.9 Å². The van der Waals surface area contributed by atoms with Gasteiger partial charge < -0.3 is 29.8 Å². The Morgan fingerprint density at radius 3 is 2.46 bits per heavy atom. The van der Waals surface area contributed by atoms with Gasteiger partial charge in [-0.3, -0.25) is 0 Å². The van der Waals surface area contributed by atoms with Gasteiger partial charge in [0.15, 0.2) is 15.6 Å². The number of hydrogen-bond donors (Lipinski definition) is 3. The lowest BCUT2D eigenvalue weighted by Crippen LogP contribution is -2.45. The van der Waals surface area contributed by atoms with Crippen molar-refractivity contribution in [3.8, 4) is 16.9 Å². The van der Waals surface area contributed by atoms with Gasteiger partial charge in [0, 0.05) is 19.0 Å². The number of aryl methyl sites for hydroxylation is 2. The van der Waals surface area contributed by atoms with Crippen LogP contribution in [-0.2, 0) is 21.0 Å².